The first-order valence-corrected chi connectivity index (χ1v) is 9.65. The van der Waals surface area contributed by atoms with E-state index in [9.17, 15) is 9.59 Å². The molecular weight excluding hydrogens is 388 g/mol. The molecule has 148 valence electrons. The van der Waals surface area contributed by atoms with E-state index in [1.165, 1.54) is 0 Å². The van der Waals surface area contributed by atoms with Crippen molar-refractivity contribution in [1.82, 2.24) is 13.7 Å². The lowest BCUT2D eigenvalue weighted by Crippen LogP contribution is -2.19. The molecule has 2 heterocycles. The largest absolute Gasteiger partial charge is 0.346 e. The van der Waals surface area contributed by atoms with Crippen LogP contribution in [0.5, 0.6) is 0 Å². The highest BCUT2D eigenvalue weighted by atomic mass is 35.5. The van der Waals surface area contributed by atoms with Crippen LogP contribution >= 0.6 is 11.6 Å². The highest BCUT2D eigenvalue weighted by molar-refractivity contribution is 6.30. The molecule has 4 aromatic rings. The average Bonchev–Trinajstić information content (AvgIpc) is 3.31. The van der Waals surface area contributed by atoms with Crippen molar-refractivity contribution in [2.45, 2.75) is 12.5 Å². The molecule has 29 heavy (non-hydrogen) atoms. The van der Waals surface area contributed by atoms with Crippen LogP contribution in [0.1, 0.15) is 18.0 Å². The molecule has 1 amide bonds. The van der Waals surface area contributed by atoms with E-state index < -0.39 is 0 Å². The van der Waals surface area contributed by atoms with Gasteiger partial charge < -0.3 is 9.88 Å². The summed E-state index contributed by atoms with van der Waals surface area (Å²) in [5.41, 5.74) is 3.16. The number of imidazole rings is 1. The Balaban J connectivity index is 1.58. The van der Waals surface area contributed by atoms with Crippen LogP contribution < -0.4 is 11.0 Å². The molecule has 0 saturated carbocycles. The number of nitrogens with one attached hydrogen (secondary N) is 1. The number of rotatable bonds is 5. The molecule has 4 rings (SSSR count). The minimum atomic E-state index is -0.146. The van der Waals surface area contributed by atoms with Crippen LogP contribution in [0.15, 0.2) is 71.8 Å². The number of aryl methyl sites for hydroxylation is 2. The third-order valence-corrected chi connectivity index (χ3v) is 5.43. The van der Waals surface area contributed by atoms with Gasteiger partial charge in [-0.05, 0) is 48.0 Å². The van der Waals surface area contributed by atoms with Crippen LogP contribution in [-0.2, 0) is 18.9 Å². The molecule has 1 atom stereocenters. The number of hydrogen-bond donors (Lipinski definition) is 1. The van der Waals surface area contributed by atoms with E-state index in [1.54, 1.807) is 23.2 Å². The number of carbonyl (C=O) groups is 1. The van der Waals surface area contributed by atoms with Crippen LogP contribution in [0.4, 0.5) is 5.69 Å². The van der Waals surface area contributed by atoms with E-state index >= 15 is 0 Å². The van der Waals surface area contributed by atoms with Gasteiger partial charge in [-0.1, -0.05) is 23.7 Å². The lowest BCUT2D eigenvalue weighted by Gasteiger charge is -2.19. The highest BCUT2D eigenvalue weighted by Crippen LogP contribution is 2.25. The minimum absolute atomic E-state index is 0.0983. The standard InChI is InChI=1S/C22H21ClN4O2/c1-25-18-10-9-17(13-20(18)26(2)22(25)29)24-21(28)14-19(27-11-3-4-12-27)15-5-7-16(23)8-6-15/h3-13,19H,14H2,1-2H3,(H,24,28). The third-order valence-electron chi connectivity index (χ3n) is 5.18. The Morgan fingerprint density at radius 2 is 1.66 bits per heavy atom. The van der Waals surface area contributed by atoms with Crippen LogP contribution in [0.25, 0.3) is 11.0 Å². The summed E-state index contributed by atoms with van der Waals surface area (Å²) in [6.45, 7) is 0. The average molecular weight is 409 g/mol. The van der Waals surface area contributed by atoms with Crippen molar-refractivity contribution < 1.29 is 4.79 Å². The first kappa shape index (κ1) is 19.1. The normalized spacial score (nSPS) is 12.2. The highest BCUT2D eigenvalue weighted by Gasteiger charge is 2.18. The van der Waals surface area contributed by atoms with Gasteiger partial charge in [0.2, 0.25) is 5.91 Å². The van der Waals surface area contributed by atoms with Crippen molar-refractivity contribution >= 4 is 34.2 Å². The smallest absolute Gasteiger partial charge is 0.328 e. The van der Waals surface area contributed by atoms with Crippen molar-refractivity contribution in [2.75, 3.05) is 5.32 Å². The molecule has 1 unspecified atom stereocenters. The number of anilines is 1. The number of fused-ring (bicyclic) bond motifs is 1. The lowest BCUT2D eigenvalue weighted by molar-refractivity contribution is -0.116. The lowest BCUT2D eigenvalue weighted by atomic mass is 10.0. The Bertz CT molecular complexity index is 1220. The van der Waals surface area contributed by atoms with Gasteiger partial charge in [-0.2, -0.15) is 0 Å². The summed E-state index contributed by atoms with van der Waals surface area (Å²) >= 11 is 6.02. The number of hydrogen-bond acceptors (Lipinski definition) is 2. The topological polar surface area (TPSA) is 61.0 Å². The Morgan fingerprint density at radius 1 is 1.00 bits per heavy atom. The SMILES string of the molecule is Cn1c(=O)n(C)c2cc(NC(=O)CC(c3ccc(Cl)cc3)n3cccc3)ccc21. The molecule has 0 radical (unpaired) electrons. The minimum Gasteiger partial charge on any atom is -0.346 e. The molecule has 0 aliphatic rings. The maximum atomic E-state index is 12.8. The number of nitrogens with zero attached hydrogens (tertiary/aromatic N) is 3. The van der Waals surface area contributed by atoms with Gasteiger partial charge in [0.05, 0.1) is 23.5 Å². The fourth-order valence-electron chi connectivity index (χ4n) is 3.61. The number of benzene rings is 2. The zero-order chi connectivity index (χ0) is 20.5. The maximum Gasteiger partial charge on any atom is 0.328 e. The molecule has 0 fully saturated rings. The quantitative estimate of drug-likeness (QED) is 0.543. The molecule has 0 saturated heterocycles. The van der Waals surface area contributed by atoms with Crippen molar-refractivity contribution in [3.8, 4) is 0 Å². The summed E-state index contributed by atoms with van der Waals surface area (Å²) in [5, 5.41) is 3.62. The van der Waals surface area contributed by atoms with Crippen molar-refractivity contribution in [2.24, 2.45) is 14.1 Å². The second-order valence-corrected chi connectivity index (χ2v) is 7.49. The van der Waals surface area contributed by atoms with E-state index in [2.05, 4.69) is 5.32 Å². The summed E-state index contributed by atoms with van der Waals surface area (Å²) < 4.78 is 5.16. The molecule has 0 spiro atoms. The second-order valence-electron chi connectivity index (χ2n) is 7.05. The van der Waals surface area contributed by atoms with Gasteiger partial charge in [0.15, 0.2) is 0 Å². The molecule has 0 aliphatic carbocycles. The number of halogens is 1. The van der Waals surface area contributed by atoms with Crippen LogP contribution in [0.3, 0.4) is 0 Å². The fraction of sp³-hybridized carbons (Fsp3) is 0.182. The van der Waals surface area contributed by atoms with E-state index in [1.807, 2.05) is 71.6 Å². The first-order valence-electron chi connectivity index (χ1n) is 9.27. The second kappa shape index (κ2) is 7.64. The number of aromatic nitrogens is 3. The summed E-state index contributed by atoms with van der Waals surface area (Å²) in [5.74, 6) is -0.112. The van der Waals surface area contributed by atoms with Gasteiger partial charge in [-0.3, -0.25) is 13.9 Å². The van der Waals surface area contributed by atoms with Crippen LogP contribution in [0, 0.1) is 0 Å². The summed E-state index contributed by atoms with van der Waals surface area (Å²) in [7, 11) is 3.45. The van der Waals surface area contributed by atoms with Gasteiger partial charge in [-0.15, -0.1) is 0 Å². The summed E-state index contributed by atoms with van der Waals surface area (Å²) in [6.07, 6.45) is 4.15. The van der Waals surface area contributed by atoms with E-state index in [4.69, 9.17) is 11.6 Å². The molecule has 2 aromatic heterocycles. The molecule has 0 bridgehead atoms. The zero-order valence-electron chi connectivity index (χ0n) is 16.2. The number of carbonyl (C=O) groups excluding carboxylic acids is 1. The predicted octanol–water partition coefficient (Wildman–Crippen LogP) is 3.95. The Labute approximate surface area is 172 Å². The van der Waals surface area contributed by atoms with Crippen molar-refractivity contribution in [3.05, 3.63) is 88.1 Å². The van der Waals surface area contributed by atoms with Gasteiger partial charge in [0, 0.05) is 37.2 Å². The van der Waals surface area contributed by atoms with Gasteiger partial charge in [0.1, 0.15) is 0 Å². The van der Waals surface area contributed by atoms with Gasteiger partial charge in [-0.25, -0.2) is 4.79 Å². The van der Waals surface area contributed by atoms with Crippen LogP contribution in [-0.4, -0.2) is 19.6 Å². The van der Waals surface area contributed by atoms with Gasteiger partial charge in [0.25, 0.3) is 0 Å². The Hall–Kier alpha value is -3.25. The third kappa shape index (κ3) is 3.71. The summed E-state index contributed by atoms with van der Waals surface area (Å²) in [6, 6.07) is 16.7. The molecule has 0 aliphatic heterocycles. The van der Waals surface area contributed by atoms with Crippen LogP contribution in [0.2, 0.25) is 5.02 Å². The Morgan fingerprint density at radius 3 is 2.34 bits per heavy atom. The molecule has 1 N–H and O–H groups in total. The fourth-order valence-corrected chi connectivity index (χ4v) is 3.73. The van der Waals surface area contributed by atoms with E-state index in [0.29, 0.717) is 10.7 Å². The monoisotopic (exact) mass is 408 g/mol. The van der Waals surface area contributed by atoms with E-state index in [-0.39, 0.29) is 24.1 Å². The maximum absolute atomic E-state index is 12.8. The Kier molecular flexibility index (Phi) is 5.03. The first-order chi connectivity index (χ1) is 13.9. The molecule has 2 aromatic carbocycles. The van der Waals surface area contributed by atoms with Crippen molar-refractivity contribution in [3.63, 3.8) is 0 Å². The zero-order valence-corrected chi connectivity index (χ0v) is 16.9. The summed E-state index contributed by atoms with van der Waals surface area (Å²) in [4.78, 5) is 24.9. The van der Waals surface area contributed by atoms with Crippen molar-refractivity contribution in [1.29, 1.82) is 0 Å². The molecule has 6 nitrogen and oxygen atoms in total. The molecule has 7 heteroatoms. The van der Waals surface area contributed by atoms with E-state index in [0.717, 1.165) is 16.6 Å². The van der Waals surface area contributed by atoms with Gasteiger partial charge >= 0.3 is 5.69 Å². The predicted molar refractivity (Wildman–Crippen MR) is 115 cm³/mol. The number of amides is 1. The molecular formula is C22H21ClN4O2.